The Kier molecular flexibility index (Phi) is 3.23. The van der Waals surface area contributed by atoms with Crippen LogP contribution in [0.3, 0.4) is 0 Å². The first-order chi connectivity index (χ1) is 7.27. The van der Waals surface area contributed by atoms with Gasteiger partial charge in [0.05, 0.1) is 6.10 Å². The molecular weight excluding hydrogens is 190 g/mol. The van der Waals surface area contributed by atoms with Crippen molar-refractivity contribution in [1.82, 2.24) is 4.90 Å². The molecule has 1 saturated heterocycles. The quantitative estimate of drug-likeness (QED) is 0.789. The predicted molar refractivity (Wildman–Crippen MR) is 58.7 cm³/mol. The largest absolute Gasteiger partial charge is 0.508 e. The zero-order valence-electron chi connectivity index (χ0n) is 8.76. The van der Waals surface area contributed by atoms with Gasteiger partial charge in [0.15, 0.2) is 0 Å². The highest BCUT2D eigenvalue weighted by Crippen LogP contribution is 2.25. The molecule has 82 valence electrons. The van der Waals surface area contributed by atoms with Crippen LogP contribution in [0.15, 0.2) is 24.3 Å². The van der Waals surface area contributed by atoms with Crippen LogP contribution in [0.25, 0.3) is 0 Å². The third-order valence-electron chi connectivity index (χ3n) is 2.93. The lowest BCUT2D eigenvalue weighted by molar-refractivity contribution is 0.123. The molecule has 2 rings (SSSR count). The van der Waals surface area contributed by atoms with E-state index in [-0.39, 0.29) is 5.75 Å². The molecule has 0 spiro atoms. The maximum atomic E-state index is 9.96. The van der Waals surface area contributed by atoms with Gasteiger partial charge in [-0.15, -0.1) is 0 Å². The molecule has 1 aromatic rings. The summed E-state index contributed by atoms with van der Waals surface area (Å²) in [6, 6.07) is 6.99. The van der Waals surface area contributed by atoms with Gasteiger partial charge in [0, 0.05) is 12.1 Å². The Bertz CT molecular complexity index is 321. The molecule has 1 unspecified atom stereocenters. The van der Waals surface area contributed by atoms with Gasteiger partial charge in [-0.05, 0) is 32.0 Å². The van der Waals surface area contributed by atoms with Crippen LogP contribution in [0.4, 0.5) is 0 Å². The Morgan fingerprint density at radius 1 is 1.20 bits per heavy atom. The van der Waals surface area contributed by atoms with Crippen molar-refractivity contribution >= 4 is 0 Å². The van der Waals surface area contributed by atoms with E-state index < -0.39 is 6.10 Å². The topological polar surface area (TPSA) is 43.7 Å². The van der Waals surface area contributed by atoms with Crippen LogP contribution in [0.1, 0.15) is 24.5 Å². The summed E-state index contributed by atoms with van der Waals surface area (Å²) in [5, 5.41) is 19.5. The number of likely N-dealkylation sites (tertiary alicyclic amines) is 1. The number of para-hydroxylation sites is 1. The van der Waals surface area contributed by atoms with E-state index in [1.807, 2.05) is 6.07 Å². The number of benzene rings is 1. The number of aliphatic hydroxyl groups is 1. The van der Waals surface area contributed by atoms with Crippen LogP contribution in [-0.4, -0.2) is 34.7 Å². The number of hydrogen-bond donors (Lipinski definition) is 2. The first-order valence-electron chi connectivity index (χ1n) is 5.45. The number of aliphatic hydroxyl groups excluding tert-OH is 1. The van der Waals surface area contributed by atoms with E-state index in [4.69, 9.17) is 0 Å². The molecule has 0 saturated carbocycles. The fourth-order valence-electron chi connectivity index (χ4n) is 2.08. The lowest BCUT2D eigenvalue weighted by atomic mass is 10.1. The highest BCUT2D eigenvalue weighted by atomic mass is 16.3. The smallest absolute Gasteiger partial charge is 0.121 e. The van der Waals surface area contributed by atoms with Crippen molar-refractivity contribution in [1.29, 1.82) is 0 Å². The van der Waals surface area contributed by atoms with Gasteiger partial charge >= 0.3 is 0 Å². The monoisotopic (exact) mass is 207 g/mol. The Hall–Kier alpha value is -1.06. The molecule has 15 heavy (non-hydrogen) atoms. The van der Waals surface area contributed by atoms with Gasteiger partial charge in [0.2, 0.25) is 0 Å². The van der Waals surface area contributed by atoms with Crippen molar-refractivity contribution in [2.24, 2.45) is 0 Å². The van der Waals surface area contributed by atoms with Gasteiger partial charge in [0.1, 0.15) is 5.75 Å². The Morgan fingerprint density at radius 2 is 1.87 bits per heavy atom. The second-order valence-corrected chi connectivity index (χ2v) is 4.08. The summed E-state index contributed by atoms with van der Waals surface area (Å²) in [7, 11) is 0. The molecule has 1 heterocycles. The molecule has 1 aliphatic heterocycles. The van der Waals surface area contributed by atoms with E-state index in [9.17, 15) is 10.2 Å². The SMILES string of the molecule is Oc1ccccc1C(O)CN1CCCC1. The predicted octanol–water partition coefficient (Wildman–Crippen LogP) is 1.52. The van der Waals surface area contributed by atoms with Crippen molar-refractivity contribution in [3.05, 3.63) is 29.8 Å². The van der Waals surface area contributed by atoms with Crippen molar-refractivity contribution in [3.8, 4) is 5.75 Å². The maximum absolute atomic E-state index is 9.96. The maximum Gasteiger partial charge on any atom is 0.121 e. The van der Waals surface area contributed by atoms with E-state index in [0.717, 1.165) is 13.1 Å². The average Bonchev–Trinajstić information content (AvgIpc) is 2.71. The molecule has 1 atom stereocenters. The average molecular weight is 207 g/mol. The van der Waals surface area contributed by atoms with Crippen molar-refractivity contribution in [2.45, 2.75) is 18.9 Å². The summed E-state index contributed by atoms with van der Waals surface area (Å²) < 4.78 is 0. The Morgan fingerprint density at radius 3 is 2.53 bits per heavy atom. The number of nitrogens with zero attached hydrogens (tertiary/aromatic N) is 1. The molecule has 1 aliphatic rings. The van der Waals surface area contributed by atoms with Crippen LogP contribution in [-0.2, 0) is 0 Å². The highest BCUT2D eigenvalue weighted by Gasteiger charge is 2.18. The number of phenolic OH excluding ortho intramolecular Hbond substituents is 1. The number of hydrogen-bond acceptors (Lipinski definition) is 3. The van der Waals surface area contributed by atoms with Crippen LogP contribution in [0.2, 0.25) is 0 Å². The summed E-state index contributed by atoms with van der Waals surface area (Å²) in [6.45, 7) is 2.74. The molecule has 1 aromatic carbocycles. The lowest BCUT2D eigenvalue weighted by Gasteiger charge is -2.20. The van der Waals surface area contributed by atoms with Gasteiger partial charge in [0.25, 0.3) is 0 Å². The molecule has 0 aliphatic carbocycles. The highest BCUT2D eigenvalue weighted by molar-refractivity contribution is 5.33. The second-order valence-electron chi connectivity index (χ2n) is 4.08. The van der Waals surface area contributed by atoms with Gasteiger partial charge < -0.3 is 15.1 Å². The summed E-state index contributed by atoms with van der Waals surface area (Å²) in [5.41, 5.74) is 0.629. The van der Waals surface area contributed by atoms with Crippen LogP contribution in [0.5, 0.6) is 5.75 Å². The first-order valence-corrected chi connectivity index (χ1v) is 5.45. The molecule has 3 nitrogen and oxygen atoms in total. The van der Waals surface area contributed by atoms with E-state index in [1.165, 1.54) is 12.8 Å². The number of phenols is 1. The third kappa shape index (κ3) is 2.49. The Labute approximate surface area is 90.0 Å². The first kappa shape index (κ1) is 10.5. The fraction of sp³-hybridized carbons (Fsp3) is 0.500. The molecule has 3 heteroatoms. The van der Waals surface area contributed by atoms with Gasteiger partial charge in [-0.25, -0.2) is 0 Å². The van der Waals surface area contributed by atoms with Crippen LogP contribution >= 0.6 is 0 Å². The minimum atomic E-state index is -0.579. The van der Waals surface area contributed by atoms with E-state index >= 15 is 0 Å². The molecule has 2 N–H and O–H groups in total. The standard InChI is InChI=1S/C12H17NO2/c14-11-6-2-1-5-10(11)12(15)9-13-7-3-4-8-13/h1-2,5-6,12,14-15H,3-4,7-9H2. The molecule has 0 bridgehead atoms. The molecule has 0 amide bonds. The van der Waals surface area contributed by atoms with Crippen molar-refractivity contribution in [3.63, 3.8) is 0 Å². The second kappa shape index (κ2) is 4.64. The molecule has 0 aromatic heterocycles. The summed E-state index contributed by atoms with van der Waals surface area (Å²) in [4.78, 5) is 2.23. The normalized spacial score (nSPS) is 19.3. The van der Waals surface area contributed by atoms with Gasteiger partial charge in [-0.1, -0.05) is 18.2 Å². The van der Waals surface area contributed by atoms with Crippen LogP contribution < -0.4 is 0 Å². The minimum absolute atomic E-state index is 0.184. The zero-order chi connectivity index (χ0) is 10.7. The number of β-amino-alcohol motifs (C(OH)–C–C–N with tert-alkyl or cyclic N) is 1. The van der Waals surface area contributed by atoms with E-state index in [2.05, 4.69) is 4.90 Å². The summed E-state index contributed by atoms with van der Waals surface area (Å²) in [5.74, 6) is 0.184. The van der Waals surface area contributed by atoms with E-state index in [0.29, 0.717) is 12.1 Å². The molecular formula is C12H17NO2. The summed E-state index contributed by atoms with van der Waals surface area (Å²) in [6.07, 6.45) is 1.85. The summed E-state index contributed by atoms with van der Waals surface area (Å²) >= 11 is 0. The third-order valence-corrected chi connectivity index (χ3v) is 2.93. The van der Waals surface area contributed by atoms with Gasteiger partial charge in [-0.3, -0.25) is 0 Å². The number of rotatable bonds is 3. The molecule has 1 fully saturated rings. The lowest BCUT2D eigenvalue weighted by Crippen LogP contribution is -2.25. The van der Waals surface area contributed by atoms with Crippen LogP contribution in [0, 0.1) is 0 Å². The van der Waals surface area contributed by atoms with Crippen molar-refractivity contribution < 1.29 is 10.2 Å². The van der Waals surface area contributed by atoms with Crippen molar-refractivity contribution in [2.75, 3.05) is 19.6 Å². The zero-order valence-corrected chi connectivity index (χ0v) is 8.76. The van der Waals surface area contributed by atoms with Gasteiger partial charge in [-0.2, -0.15) is 0 Å². The number of aromatic hydroxyl groups is 1. The fourth-order valence-corrected chi connectivity index (χ4v) is 2.08. The Balaban J connectivity index is 2.00. The molecule has 0 radical (unpaired) electrons. The minimum Gasteiger partial charge on any atom is -0.508 e. The van der Waals surface area contributed by atoms with E-state index in [1.54, 1.807) is 18.2 Å².